The van der Waals surface area contributed by atoms with E-state index in [2.05, 4.69) is 14.7 Å². The lowest BCUT2D eigenvalue weighted by Gasteiger charge is -2.11. The molecule has 0 saturated carbocycles. The number of carbonyl (C=O) groups excluding carboxylic acids is 1. The van der Waals surface area contributed by atoms with Crippen LogP contribution in [0.4, 0.5) is 10.1 Å². The Kier molecular flexibility index (Phi) is 6.51. The predicted molar refractivity (Wildman–Crippen MR) is 128 cm³/mol. The zero-order valence-electron chi connectivity index (χ0n) is 16.5. The van der Waals surface area contributed by atoms with Crippen molar-refractivity contribution in [3.8, 4) is 11.1 Å². The quantitative estimate of drug-likeness (QED) is 0.167. The third kappa shape index (κ3) is 4.42. The normalized spacial score (nSPS) is 11.1. The summed E-state index contributed by atoms with van der Waals surface area (Å²) in [6.07, 6.45) is 4.19. The Morgan fingerprint density at radius 3 is 2.65 bits per heavy atom. The summed E-state index contributed by atoms with van der Waals surface area (Å²) in [7, 11) is 0. The predicted octanol–water partition coefficient (Wildman–Crippen LogP) is 7.38. The monoisotopic (exact) mass is 473 g/mol. The van der Waals surface area contributed by atoms with Crippen LogP contribution in [0, 0.1) is 5.82 Å². The summed E-state index contributed by atoms with van der Waals surface area (Å²) in [5.41, 5.74) is 2.69. The van der Waals surface area contributed by atoms with E-state index in [1.165, 1.54) is 24.1 Å². The summed E-state index contributed by atoms with van der Waals surface area (Å²) >= 11 is 13.5. The van der Waals surface area contributed by atoms with E-state index >= 15 is 4.39 Å². The largest absolute Gasteiger partial charge is 0.345 e. The number of carbonyl (C=O) groups is 1. The maximum absolute atomic E-state index is 15.2. The molecule has 0 radical (unpaired) electrons. The average molecular weight is 474 g/mol. The molecule has 2 aromatic carbocycles. The molecule has 0 bridgehead atoms. The molecule has 4 rings (SSSR count). The van der Waals surface area contributed by atoms with E-state index in [-0.39, 0.29) is 16.3 Å². The molecule has 31 heavy (non-hydrogen) atoms. The number of anilines is 1. The van der Waals surface area contributed by atoms with Crippen LogP contribution in [0.2, 0.25) is 10.0 Å². The lowest BCUT2D eigenvalue weighted by Crippen LogP contribution is -2.06. The Balaban J connectivity index is 1.73. The fraction of sp³-hybridized carbons (Fsp3) is 0.130. The molecule has 0 aliphatic carbocycles. The smallest absolute Gasteiger partial charge is 0.198 e. The highest BCUT2D eigenvalue weighted by molar-refractivity contribution is 8.00. The molecule has 0 spiro atoms. The molecule has 8 heteroatoms. The van der Waals surface area contributed by atoms with Crippen LogP contribution in [-0.2, 0) is 0 Å². The number of rotatable bonds is 7. The van der Waals surface area contributed by atoms with E-state index in [1.54, 1.807) is 24.5 Å². The van der Waals surface area contributed by atoms with Crippen LogP contribution in [-0.4, -0.2) is 21.5 Å². The van der Waals surface area contributed by atoms with Crippen molar-refractivity contribution < 1.29 is 9.18 Å². The van der Waals surface area contributed by atoms with E-state index in [1.807, 2.05) is 25.1 Å². The van der Waals surface area contributed by atoms with Crippen LogP contribution in [0.15, 0.2) is 54.9 Å². The second-order valence-corrected chi connectivity index (χ2v) is 8.64. The van der Waals surface area contributed by atoms with Crippen molar-refractivity contribution in [2.75, 3.05) is 10.5 Å². The summed E-state index contributed by atoms with van der Waals surface area (Å²) in [6.45, 7) is 2.02. The lowest BCUT2D eigenvalue weighted by molar-refractivity contribution is 0.103. The van der Waals surface area contributed by atoms with E-state index in [4.69, 9.17) is 23.2 Å². The summed E-state index contributed by atoms with van der Waals surface area (Å²) in [6, 6.07) is 12.1. The average Bonchev–Trinajstić information content (AvgIpc) is 3.19. The van der Waals surface area contributed by atoms with Gasteiger partial charge in [0.15, 0.2) is 11.6 Å². The van der Waals surface area contributed by atoms with Crippen LogP contribution >= 0.6 is 35.1 Å². The number of hydrogen-bond acceptors (Lipinski definition) is 4. The van der Waals surface area contributed by atoms with Gasteiger partial charge in [0.1, 0.15) is 5.65 Å². The number of ketones is 1. The van der Waals surface area contributed by atoms with Crippen molar-refractivity contribution in [2.24, 2.45) is 0 Å². The van der Waals surface area contributed by atoms with Gasteiger partial charge < -0.3 is 9.71 Å². The number of H-pyrrole nitrogens is 1. The Labute approximate surface area is 193 Å². The highest BCUT2D eigenvalue weighted by Crippen LogP contribution is 2.33. The van der Waals surface area contributed by atoms with Crippen LogP contribution in [0.25, 0.3) is 22.2 Å². The number of aromatic amines is 1. The molecule has 0 aliphatic rings. The van der Waals surface area contributed by atoms with Gasteiger partial charge in [-0.3, -0.25) is 4.79 Å². The zero-order valence-corrected chi connectivity index (χ0v) is 18.8. The van der Waals surface area contributed by atoms with Gasteiger partial charge in [0.2, 0.25) is 0 Å². The Morgan fingerprint density at radius 2 is 1.90 bits per heavy atom. The number of benzene rings is 2. The molecule has 158 valence electrons. The molecule has 2 heterocycles. The van der Waals surface area contributed by atoms with Gasteiger partial charge in [-0.05, 0) is 42.3 Å². The summed E-state index contributed by atoms with van der Waals surface area (Å²) < 4.78 is 18.1. The van der Waals surface area contributed by atoms with Crippen molar-refractivity contribution in [3.05, 3.63) is 81.8 Å². The van der Waals surface area contributed by atoms with Gasteiger partial charge in [0.25, 0.3) is 0 Å². The first-order valence-electron chi connectivity index (χ1n) is 9.63. The highest BCUT2D eigenvalue weighted by atomic mass is 35.5. The number of pyridine rings is 1. The maximum Gasteiger partial charge on any atom is 0.198 e. The zero-order chi connectivity index (χ0) is 22.0. The van der Waals surface area contributed by atoms with Crippen molar-refractivity contribution in [3.63, 3.8) is 0 Å². The number of hydrogen-bond donors (Lipinski definition) is 2. The van der Waals surface area contributed by atoms with Crippen molar-refractivity contribution in [2.45, 2.75) is 13.3 Å². The molecule has 0 unspecified atom stereocenters. The second kappa shape index (κ2) is 9.30. The molecule has 2 N–H and O–H groups in total. The van der Waals surface area contributed by atoms with E-state index in [9.17, 15) is 4.79 Å². The van der Waals surface area contributed by atoms with E-state index in [0.717, 1.165) is 23.3 Å². The number of nitrogens with zero attached hydrogens (tertiary/aromatic N) is 1. The fourth-order valence-corrected chi connectivity index (χ4v) is 4.21. The SMILES string of the molecule is CCCSNc1c(Cl)ccc(C(=O)c2c[nH]c3ncc(-c4ccc(Cl)cc4)cc23)c1F. The lowest BCUT2D eigenvalue weighted by atomic mass is 10.0. The number of nitrogens with one attached hydrogen (secondary N) is 2. The molecular formula is C23H18Cl2FN3OS. The number of aromatic nitrogens is 2. The molecular weight excluding hydrogens is 456 g/mol. The first-order chi connectivity index (χ1) is 15.0. The van der Waals surface area contributed by atoms with Gasteiger partial charge in [-0.2, -0.15) is 0 Å². The molecule has 0 atom stereocenters. The third-order valence-electron chi connectivity index (χ3n) is 4.77. The number of fused-ring (bicyclic) bond motifs is 1. The molecule has 4 aromatic rings. The van der Waals surface area contributed by atoms with Crippen LogP contribution in [0.5, 0.6) is 0 Å². The number of halogens is 3. The molecule has 4 nitrogen and oxygen atoms in total. The molecule has 0 fully saturated rings. The fourth-order valence-electron chi connectivity index (χ4n) is 3.18. The minimum absolute atomic E-state index is 0.0539. The minimum atomic E-state index is -0.669. The molecule has 0 amide bonds. The van der Waals surface area contributed by atoms with Crippen LogP contribution < -0.4 is 4.72 Å². The Morgan fingerprint density at radius 1 is 1.13 bits per heavy atom. The van der Waals surface area contributed by atoms with Crippen LogP contribution in [0.3, 0.4) is 0 Å². The molecule has 0 aliphatic heterocycles. The Bertz CT molecular complexity index is 1260. The van der Waals surface area contributed by atoms with Crippen molar-refractivity contribution >= 4 is 57.7 Å². The first-order valence-corrected chi connectivity index (χ1v) is 11.4. The third-order valence-corrected chi connectivity index (χ3v) is 6.30. The van der Waals surface area contributed by atoms with Gasteiger partial charge in [0.05, 0.1) is 16.3 Å². The van der Waals surface area contributed by atoms with Crippen LogP contribution in [0.1, 0.15) is 29.3 Å². The maximum atomic E-state index is 15.2. The summed E-state index contributed by atoms with van der Waals surface area (Å²) in [5, 5.41) is 1.47. The second-order valence-electron chi connectivity index (χ2n) is 6.89. The van der Waals surface area contributed by atoms with E-state index < -0.39 is 11.6 Å². The van der Waals surface area contributed by atoms with Gasteiger partial charge >= 0.3 is 0 Å². The minimum Gasteiger partial charge on any atom is -0.345 e. The Hall–Kier alpha value is -2.54. The van der Waals surface area contributed by atoms with E-state index in [0.29, 0.717) is 21.6 Å². The van der Waals surface area contributed by atoms with Gasteiger partial charge in [0, 0.05) is 39.7 Å². The standard InChI is InChI=1S/C23H18Cl2FN3OS/c1-2-9-31-29-21-19(25)8-7-16(20(21)26)22(30)18-12-28-23-17(18)10-14(11-27-23)13-3-5-15(24)6-4-13/h3-8,10-12,29H,2,9H2,1H3,(H,27,28). The van der Waals surface area contributed by atoms with Gasteiger partial charge in [-0.25, -0.2) is 9.37 Å². The van der Waals surface area contributed by atoms with Gasteiger partial charge in [-0.1, -0.05) is 54.2 Å². The van der Waals surface area contributed by atoms with Gasteiger partial charge in [-0.15, -0.1) is 0 Å². The summed E-state index contributed by atoms with van der Waals surface area (Å²) in [5.74, 6) is -0.327. The first kappa shape index (κ1) is 21.7. The molecule has 2 aromatic heterocycles. The highest BCUT2D eigenvalue weighted by Gasteiger charge is 2.22. The topological polar surface area (TPSA) is 57.8 Å². The summed E-state index contributed by atoms with van der Waals surface area (Å²) in [4.78, 5) is 20.6. The molecule has 0 saturated heterocycles. The van der Waals surface area contributed by atoms with Crippen molar-refractivity contribution in [1.82, 2.24) is 9.97 Å². The van der Waals surface area contributed by atoms with Crippen molar-refractivity contribution in [1.29, 1.82) is 0 Å².